The third-order valence-electron chi connectivity index (χ3n) is 5.13. The number of amides is 3. The van der Waals surface area contributed by atoms with Crippen LogP contribution in [-0.2, 0) is 4.79 Å². The van der Waals surface area contributed by atoms with E-state index in [-0.39, 0.29) is 24.9 Å². The second kappa shape index (κ2) is 10.6. The minimum atomic E-state index is -0.323. The van der Waals surface area contributed by atoms with Gasteiger partial charge in [-0.05, 0) is 37.2 Å². The SMILES string of the molecule is CCN1CCN(c2ccccc2NC(=O)NCCC(=O)Nc2ccc(C)cn2)CC1. The molecule has 0 spiro atoms. The summed E-state index contributed by atoms with van der Waals surface area (Å²) in [5.74, 6) is 0.313. The molecule has 2 aromatic rings. The normalized spacial score (nSPS) is 14.3. The van der Waals surface area contributed by atoms with E-state index in [2.05, 4.69) is 37.7 Å². The van der Waals surface area contributed by atoms with Crippen LogP contribution in [0.5, 0.6) is 0 Å². The number of benzene rings is 1. The zero-order valence-corrected chi connectivity index (χ0v) is 17.6. The fourth-order valence-electron chi connectivity index (χ4n) is 3.36. The van der Waals surface area contributed by atoms with E-state index in [1.165, 1.54) is 0 Å². The number of carbonyl (C=O) groups is 2. The number of rotatable bonds is 7. The first-order valence-corrected chi connectivity index (χ1v) is 10.4. The zero-order valence-electron chi connectivity index (χ0n) is 17.6. The van der Waals surface area contributed by atoms with Gasteiger partial charge in [0.2, 0.25) is 5.91 Å². The summed E-state index contributed by atoms with van der Waals surface area (Å²) in [6, 6.07) is 11.1. The first kappa shape index (κ1) is 21.6. The van der Waals surface area contributed by atoms with Gasteiger partial charge in [0.05, 0.1) is 11.4 Å². The van der Waals surface area contributed by atoms with Crippen LogP contribution in [0.4, 0.5) is 22.0 Å². The third-order valence-corrected chi connectivity index (χ3v) is 5.13. The fourth-order valence-corrected chi connectivity index (χ4v) is 3.36. The molecule has 8 nitrogen and oxygen atoms in total. The molecule has 8 heteroatoms. The number of para-hydroxylation sites is 2. The molecular weight excluding hydrogens is 380 g/mol. The molecule has 3 rings (SSSR count). The molecule has 0 atom stereocenters. The summed E-state index contributed by atoms with van der Waals surface area (Å²) in [7, 11) is 0. The molecule has 3 amide bonds. The lowest BCUT2D eigenvalue weighted by molar-refractivity contribution is -0.116. The van der Waals surface area contributed by atoms with Crippen molar-refractivity contribution in [2.45, 2.75) is 20.3 Å². The molecular formula is C22H30N6O2. The number of aromatic nitrogens is 1. The van der Waals surface area contributed by atoms with E-state index in [1.807, 2.05) is 37.3 Å². The quantitative estimate of drug-likeness (QED) is 0.653. The molecule has 0 bridgehead atoms. The first-order chi connectivity index (χ1) is 14.5. The number of carbonyl (C=O) groups excluding carboxylic acids is 2. The standard InChI is InChI=1S/C22H30N6O2/c1-3-27-12-14-28(15-13-27)19-7-5-4-6-18(19)25-22(30)23-11-10-21(29)26-20-9-8-17(2)16-24-20/h4-9,16H,3,10-15H2,1-2H3,(H2,23,25,30)(H,24,26,29). The minimum Gasteiger partial charge on any atom is -0.367 e. The average molecular weight is 411 g/mol. The smallest absolute Gasteiger partial charge is 0.319 e. The summed E-state index contributed by atoms with van der Waals surface area (Å²) in [6.45, 7) is 9.30. The number of nitrogens with zero attached hydrogens (tertiary/aromatic N) is 3. The molecule has 1 aliphatic rings. The van der Waals surface area contributed by atoms with Crippen LogP contribution in [0, 0.1) is 6.92 Å². The van der Waals surface area contributed by atoms with E-state index in [0.29, 0.717) is 5.82 Å². The van der Waals surface area contributed by atoms with Crippen LogP contribution in [-0.4, -0.2) is 61.1 Å². The van der Waals surface area contributed by atoms with Crippen LogP contribution in [0.3, 0.4) is 0 Å². The summed E-state index contributed by atoms with van der Waals surface area (Å²) in [4.78, 5) is 33.2. The Labute approximate surface area is 177 Å². The summed E-state index contributed by atoms with van der Waals surface area (Å²) in [6.07, 6.45) is 1.87. The van der Waals surface area contributed by atoms with Crippen LogP contribution in [0.1, 0.15) is 18.9 Å². The number of piperazine rings is 1. The molecule has 1 aromatic heterocycles. The highest BCUT2D eigenvalue weighted by Gasteiger charge is 2.18. The maximum absolute atomic E-state index is 12.3. The van der Waals surface area contributed by atoms with Gasteiger partial charge in [-0.15, -0.1) is 0 Å². The summed E-state index contributed by atoms with van der Waals surface area (Å²) < 4.78 is 0. The van der Waals surface area contributed by atoms with E-state index in [1.54, 1.807) is 12.3 Å². The largest absolute Gasteiger partial charge is 0.367 e. The number of anilines is 3. The number of aryl methyl sites for hydroxylation is 1. The van der Waals surface area contributed by atoms with Gasteiger partial charge in [0.15, 0.2) is 0 Å². The van der Waals surface area contributed by atoms with Gasteiger partial charge in [-0.25, -0.2) is 9.78 Å². The maximum atomic E-state index is 12.3. The van der Waals surface area contributed by atoms with Crippen LogP contribution >= 0.6 is 0 Å². The summed E-state index contributed by atoms with van der Waals surface area (Å²) >= 11 is 0. The van der Waals surface area contributed by atoms with Gasteiger partial charge in [0.1, 0.15) is 5.82 Å². The number of pyridine rings is 1. The highest BCUT2D eigenvalue weighted by Crippen LogP contribution is 2.26. The van der Waals surface area contributed by atoms with Gasteiger partial charge >= 0.3 is 6.03 Å². The molecule has 1 saturated heterocycles. The van der Waals surface area contributed by atoms with Gasteiger partial charge in [-0.1, -0.05) is 25.1 Å². The van der Waals surface area contributed by atoms with E-state index in [4.69, 9.17) is 0 Å². The lowest BCUT2D eigenvalue weighted by Crippen LogP contribution is -2.46. The van der Waals surface area contributed by atoms with E-state index in [0.717, 1.165) is 49.7 Å². The van der Waals surface area contributed by atoms with Crippen molar-refractivity contribution in [2.75, 3.05) is 54.8 Å². The van der Waals surface area contributed by atoms with Gasteiger partial charge < -0.3 is 25.8 Å². The van der Waals surface area contributed by atoms with E-state index < -0.39 is 0 Å². The Morgan fingerprint density at radius 1 is 1.03 bits per heavy atom. The molecule has 0 radical (unpaired) electrons. The number of nitrogens with one attached hydrogen (secondary N) is 3. The lowest BCUT2D eigenvalue weighted by Gasteiger charge is -2.36. The van der Waals surface area contributed by atoms with Crippen molar-refractivity contribution in [3.05, 3.63) is 48.2 Å². The number of hydrogen-bond acceptors (Lipinski definition) is 5. The Hall–Kier alpha value is -3.13. The maximum Gasteiger partial charge on any atom is 0.319 e. The van der Waals surface area contributed by atoms with Crippen molar-refractivity contribution in [1.29, 1.82) is 0 Å². The molecule has 1 aliphatic heterocycles. The Morgan fingerprint density at radius 2 is 1.80 bits per heavy atom. The Kier molecular flexibility index (Phi) is 7.62. The molecule has 0 saturated carbocycles. The minimum absolute atomic E-state index is 0.170. The van der Waals surface area contributed by atoms with Crippen LogP contribution in [0.25, 0.3) is 0 Å². The first-order valence-electron chi connectivity index (χ1n) is 10.4. The molecule has 160 valence electrons. The monoisotopic (exact) mass is 410 g/mol. The Balaban J connectivity index is 1.46. The molecule has 0 aliphatic carbocycles. The van der Waals surface area contributed by atoms with Gasteiger partial charge in [0.25, 0.3) is 0 Å². The van der Waals surface area contributed by atoms with Crippen molar-refractivity contribution in [3.8, 4) is 0 Å². The second-order valence-electron chi connectivity index (χ2n) is 7.34. The van der Waals surface area contributed by atoms with Crippen LogP contribution in [0.2, 0.25) is 0 Å². The topological polar surface area (TPSA) is 89.6 Å². The lowest BCUT2D eigenvalue weighted by atomic mass is 10.2. The number of urea groups is 1. The number of hydrogen-bond donors (Lipinski definition) is 3. The molecule has 2 heterocycles. The second-order valence-corrected chi connectivity index (χ2v) is 7.34. The van der Waals surface area contributed by atoms with E-state index >= 15 is 0 Å². The summed E-state index contributed by atoms with van der Waals surface area (Å²) in [5, 5.41) is 8.38. The average Bonchev–Trinajstić information content (AvgIpc) is 2.76. The summed E-state index contributed by atoms with van der Waals surface area (Å²) in [5.41, 5.74) is 2.82. The Morgan fingerprint density at radius 3 is 2.50 bits per heavy atom. The highest BCUT2D eigenvalue weighted by atomic mass is 16.2. The molecule has 1 fully saturated rings. The van der Waals surface area contributed by atoms with Gasteiger partial charge in [0, 0.05) is 45.3 Å². The van der Waals surface area contributed by atoms with Crippen molar-refractivity contribution in [2.24, 2.45) is 0 Å². The molecule has 1 aromatic carbocycles. The fraction of sp³-hybridized carbons (Fsp3) is 0.409. The predicted molar refractivity (Wildman–Crippen MR) is 120 cm³/mol. The third kappa shape index (κ3) is 6.18. The molecule has 30 heavy (non-hydrogen) atoms. The van der Waals surface area contributed by atoms with Gasteiger partial charge in [-0.3, -0.25) is 4.79 Å². The Bertz CT molecular complexity index is 847. The van der Waals surface area contributed by atoms with Crippen LogP contribution in [0.15, 0.2) is 42.6 Å². The molecule has 3 N–H and O–H groups in total. The van der Waals surface area contributed by atoms with E-state index in [9.17, 15) is 9.59 Å². The predicted octanol–water partition coefficient (Wildman–Crippen LogP) is 2.68. The van der Waals surface area contributed by atoms with Gasteiger partial charge in [-0.2, -0.15) is 0 Å². The number of likely N-dealkylation sites (N-methyl/N-ethyl adjacent to an activating group) is 1. The van der Waals surface area contributed by atoms with Crippen molar-refractivity contribution in [1.82, 2.24) is 15.2 Å². The highest BCUT2D eigenvalue weighted by molar-refractivity contribution is 5.94. The zero-order chi connectivity index (χ0) is 21.3. The molecule has 0 unspecified atom stereocenters. The van der Waals surface area contributed by atoms with Crippen molar-refractivity contribution >= 4 is 29.1 Å². The van der Waals surface area contributed by atoms with Crippen molar-refractivity contribution < 1.29 is 9.59 Å². The van der Waals surface area contributed by atoms with Crippen molar-refractivity contribution in [3.63, 3.8) is 0 Å². The van der Waals surface area contributed by atoms with Crippen LogP contribution < -0.4 is 20.9 Å².